The number of rotatable bonds is 18. The molecule has 1 unspecified atom stereocenters. The lowest BCUT2D eigenvalue weighted by molar-refractivity contribution is -0.279. The SMILES string of the molecule is CCCCCCCCCCCCOC[C@@]12O[C@@H](CN3CCCC3CCCN)[C@@H](O)[C@@H]1OC(C)(C)O2. The van der Waals surface area contributed by atoms with Crippen LogP contribution in [0.3, 0.4) is 0 Å². The first-order valence-corrected chi connectivity index (χ1v) is 14.7. The van der Waals surface area contributed by atoms with Crippen molar-refractivity contribution in [3.63, 3.8) is 0 Å². The molecule has 0 radical (unpaired) electrons. The monoisotopic (exact) mass is 498 g/mol. The Kier molecular flexibility index (Phi) is 12.2. The molecule has 5 atom stereocenters. The lowest BCUT2D eigenvalue weighted by Gasteiger charge is -2.31. The smallest absolute Gasteiger partial charge is 0.224 e. The number of fused-ring (bicyclic) bond motifs is 1. The van der Waals surface area contributed by atoms with Gasteiger partial charge in [0.25, 0.3) is 0 Å². The average Bonchev–Trinajstić information content (AvgIpc) is 3.44. The Hall–Kier alpha value is -0.280. The Morgan fingerprint density at radius 3 is 2.34 bits per heavy atom. The first-order chi connectivity index (χ1) is 16.9. The molecule has 0 spiro atoms. The van der Waals surface area contributed by atoms with Gasteiger partial charge in [-0.15, -0.1) is 0 Å². The summed E-state index contributed by atoms with van der Waals surface area (Å²) in [4.78, 5) is 2.45. The van der Waals surface area contributed by atoms with Gasteiger partial charge in [-0.05, 0) is 59.0 Å². The predicted molar refractivity (Wildman–Crippen MR) is 139 cm³/mol. The van der Waals surface area contributed by atoms with E-state index >= 15 is 0 Å². The van der Waals surface area contributed by atoms with E-state index < -0.39 is 23.8 Å². The molecule has 3 heterocycles. The highest BCUT2D eigenvalue weighted by Crippen LogP contribution is 2.46. The highest BCUT2D eigenvalue weighted by molar-refractivity contribution is 5.04. The van der Waals surface area contributed by atoms with Gasteiger partial charge in [-0.2, -0.15) is 0 Å². The molecule has 3 saturated heterocycles. The van der Waals surface area contributed by atoms with Crippen molar-refractivity contribution in [1.82, 2.24) is 4.90 Å². The molecular weight excluding hydrogens is 444 g/mol. The molecular formula is C28H54N2O5. The van der Waals surface area contributed by atoms with E-state index in [1.54, 1.807) is 0 Å². The van der Waals surface area contributed by atoms with Crippen molar-refractivity contribution >= 4 is 0 Å². The van der Waals surface area contributed by atoms with Gasteiger partial charge in [0.15, 0.2) is 5.79 Å². The Morgan fingerprint density at radius 2 is 1.66 bits per heavy atom. The number of unbranched alkanes of at least 4 members (excludes halogenated alkanes) is 9. The Bertz CT molecular complexity index is 592. The third-order valence-electron chi connectivity index (χ3n) is 7.91. The van der Waals surface area contributed by atoms with Crippen LogP contribution in [-0.2, 0) is 18.9 Å². The molecule has 0 aromatic rings. The van der Waals surface area contributed by atoms with Crippen LogP contribution in [0.25, 0.3) is 0 Å². The quantitative estimate of drug-likeness (QED) is 0.264. The molecule has 7 heteroatoms. The van der Waals surface area contributed by atoms with E-state index in [-0.39, 0.29) is 6.10 Å². The number of aliphatic hydroxyl groups excluding tert-OH is 1. The molecule has 3 aliphatic heterocycles. The maximum absolute atomic E-state index is 11.1. The minimum absolute atomic E-state index is 0.294. The van der Waals surface area contributed by atoms with Crippen LogP contribution in [0.2, 0.25) is 0 Å². The molecule has 3 rings (SSSR count). The summed E-state index contributed by atoms with van der Waals surface area (Å²) in [6.07, 6.45) is 16.0. The second-order valence-corrected chi connectivity index (χ2v) is 11.5. The van der Waals surface area contributed by atoms with Crippen molar-refractivity contribution in [3.05, 3.63) is 0 Å². The highest BCUT2D eigenvalue weighted by Gasteiger charge is 2.65. The van der Waals surface area contributed by atoms with E-state index in [4.69, 9.17) is 24.7 Å². The minimum Gasteiger partial charge on any atom is -0.387 e. The topological polar surface area (TPSA) is 86.4 Å². The lowest BCUT2D eigenvalue weighted by atomic mass is 10.0. The number of aliphatic hydroxyl groups is 1. The fourth-order valence-electron chi connectivity index (χ4n) is 6.08. The summed E-state index contributed by atoms with van der Waals surface area (Å²) < 4.78 is 24.9. The molecule has 3 aliphatic rings. The summed E-state index contributed by atoms with van der Waals surface area (Å²) in [6, 6.07) is 0.525. The molecule has 3 fully saturated rings. The van der Waals surface area contributed by atoms with Crippen molar-refractivity contribution in [3.8, 4) is 0 Å². The normalized spacial score (nSPS) is 32.5. The number of hydrogen-bond acceptors (Lipinski definition) is 7. The van der Waals surface area contributed by atoms with Gasteiger partial charge in [-0.1, -0.05) is 64.7 Å². The van der Waals surface area contributed by atoms with Gasteiger partial charge in [0, 0.05) is 19.2 Å². The first-order valence-electron chi connectivity index (χ1n) is 14.7. The van der Waals surface area contributed by atoms with E-state index in [2.05, 4.69) is 11.8 Å². The average molecular weight is 499 g/mol. The molecule has 0 aliphatic carbocycles. The van der Waals surface area contributed by atoms with Gasteiger partial charge in [0.2, 0.25) is 5.79 Å². The third-order valence-corrected chi connectivity index (χ3v) is 7.91. The molecule has 35 heavy (non-hydrogen) atoms. The van der Waals surface area contributed by atoms with Crippen LogP contribution in [0.5, 0.6) is 0 Å². The molecule has 3 N–H and O–H groups in total. The number of hydrogen-bond donors (Lipinski definition) is 2. The Labute approximate surface area is 214 Å². The summed E-state index contributed by atoms with van der Waals surface area (Å²) in [7, 11) is 0. The van der Waals surface area contributed by atoms with Crippen molar-refractivity contribution in [2.45, 2.75) is 147 Å². The fraction of sp³-hybridized carbons (Fsp3) is 1.00. The zero-order chi connectivity index (χ0) is 25.2. The number of nitrogens with two attached hydrogens (primary N) is 1. The van der Waals surface area contributed by atoms with Crippen LogP contribution in [-0.4, -0.2) is 78.8 Å². The summed E-state index contributed by atoms with van der Waals surface area (Å²) in [6.45, 7) is 9.47. The standard InChI is InChI=1S/C28H54N2O5/c1-4-5-6-7-8-9-10-11-12-13-20-32-22-28-26(34-27(2,3)35-28)25(31)24(33-28)21-30-19-15-17-23(30)16-14-18-29/h23-26,31H,4-22,29H2,1-3H3/t23?,24-,25+,26-,28-/m0/s1. The summed E-state index contributed by atoms with van der Waals surface area (Å²) in [5.41, 5.74) is 5.73. The number of likely N-dealkylation sites (tertiary alicyclic amines) is 1. The van der Waals surface area contributed by atoms with Crippen molar-refractivity contribution in [1.29, 1.82) is 0 Å². The Balaban J connectivity index is 1.39. The maximum atomic E-state index is 11.1. The van der Waals surface area contributed by atoms with Gasteiger partial charge in [-0.25, -0.2) is 0 Å². The van der Waals surface area contributed by atoms with Gasteiger partial charge in [-0.3, -0.25) is 4.90 Å². The van der Waals surface area contributed by atoms with Gasteiger partial charge >= 0.3 is 0 Å². The predicted octanol–water partition coefficient (Wildman–Crippen LogP) is 4.73. The van der Waals surface area contributed by atoms with Gasteiger partial charge in [0.05, 0.1) is 0 Å². The summed E-state index contributed by atoms with van der Waals surface area (Å²) in [5, 5.41) is 11.1. The van der Waals surface area contributed by atoms with E-state index in [0.29, 0.717) is 25.8 Å². The van der Waals surface area contributed by atoms with Gasteiger partial charge < -0.3 is 29.8 Å². The molecule has 0 amide bonds. The van der Waals surface area contributed by atoms with Crippen molar-refractivity contribution < 1.29 is 24.1 Å². The van der Waals surface area contributed by atoms with Crippen LogP contribution in [0.15, 0.2) is 0 Å². The van der Waals surface area contributed by atoms with Crippen molar-refractivity contribution in [2.24, 2.45) is 5.73 Å². The second kappa shape index (κ2) is 14.6. The zero-order valence-corrected chi connectivity index (χ0v) is 22.8. The molecule has 7 nitrogen and oxygen atoms in total. The summed E-state index contributed by atoms with van der Waals surface area (Å²) >= 11 is 0. The lowest BCUT2D eigenvalue weighted by Crippen LogP contribution is -2.45. The summed E-state index contributed by atoms with van der Waals surface area (Å²) in [5.74, 6) is -1.83. The largest absolute Gasteiger partial charge is 0.387 e. The van der Waals surface area contributed by atoms with E-state index in [9.17, 15) is 5.11 Å². The van der Waals surface area contributed by atoms with E-state index in [1.807, 2.05) is 13.8 Å². The molecule has 0 bridgehead atoms. The van der Waals surface area contributed by atoms with Crippen LogP contribution in [0.4, 0.5) is 0 Å². The second-order valence-electron chi connectivity index (χ2n) is 11.5. The van der Waals surface area contributed by atoms with E-state index in [1.165, 1.54) is 70.6 Å². The number of nitrogens with zero attached hydrogens (tertiary/aromatic N) is 1. The van der Waals surface area contributed by atoms with Crippen LogP contribution in [0, 0.1) is 0 Å². The highest BCUT2D eigenvalue weighted by atomic mass is 16.9. The Morgan fingerprint density at radius 1 is 0.971 bits per heavy atom. The maximum Gasteiger partial charge on any atom is 0.224 e. The molecule has 206 valence electrons. The third kappa shape index (κ3) is 8.62. The zero-order valence-electron chi connectivity index (χ0n) is 22.8. The fourth-order valence-corrected chi connectivity index (χ4v) is 6.08. The van der Waals surface area contributed by atoms with Crippen LogP contribution < -0.4 is 5.73 Å². The van der Waals surface area contributed by atoms with E-state index in [0.717, 1.165) is 32.4 Å². The molecule has 0 saturated carbocycles. The van der Waals surface area contributed by atoms with Crippen LogP contribution >= 0.6 is 0 Å². The molecule has 0 aromatic heterocycles. The van der Waals surface area contributed by atoms with Crippen LogP contribution in [0.1, 0.15) is 111 Å². The molecule has 0 aromatic carbocycles. The van der Waals surface area contributed by atoms with Crippen molar-refractivity contribution in [2.75, 3.05) is 32.8 Å². The van der Waals surface area contributed by atoms with Gasteiger partial charge in [0.1, 0.15) is 24.9 Å². The minimum atomic E-state index is -1.03. The first kappa shape index (κ1) is 29.3. The number of ether oxygens (including phenoxy) is 4.